The van der Waals surface area contributed by atoms with Gasteiger partial charge in [0.25, 0.3) is 5.91 Å². The molecule has 3 heterocycles. The predicted octanol–water partition coefficient (Wildman–Crippen LogP) is 6.09. The monoisotopic (exact) mass is 458 g/mol. The first-order valence-electron chi connectivity index (χ1n) is 11.9. The number of fused-ring (bicyclic) bond motifs is 3. The second-order valence-electron chi connectivity index (χ2n) is 8.97. The number of amides is 1. The number of hydrogen-bond acceptors (Lipinski definition) is 2. The van der Waals surface area contributed by atoms with Gasteiger partial charge in [-0.3, -0.25) is 9.78 Å². The normalized spacial score (nSPS) is 11.5. The number of carbonyl (C=O) groups excluding carboxylic acids is 1. The van der Waals surface area contributed by atoms with Crippen LogP contribution in [0.4, 0.5) is 0 Å². The van der Waals surface area contributed by atoms with Crippen LogP contribution in [0.5, 0.6) is 0 Å². The lowest BCUT2D eigenvalue weighted by atomic mass is 10.1. The molecule has 0 fully saturated rings. The Morgan fingerprint density at radius 1 is 0.943 bits per heavy atom. The third kappa shape index (κ3) is 3.85. The highest BCUT2D eigenvalue weighted by atomic mass is 16.2. The minimum absolute atomic E-state index is 0.000558. The van der Waals surface area contributed by atoms with E-state index in [0.29, 0.717) is 18.7 Å². The van der Waals surface area contributed by atoms with Gasteiger partial charge in [-0.25, -0.2) is 0 Å². The largest absolute Gasteiger partial charge is 0.361 e. The molecule has 0 aliphatic heterocycles. The van der Waals surface area contributed by atoms with Gasteiger partial charge in [0.1, 0.15) is 0 Å². The average molecular weight is 459 g/mol. The van der Waals surface area contributed by atoms with E-state index < -0.39 is 0 Å². The topological polar surface area (TPSA) is 53.9 Å². The van der Waals surface area contributed by atoms with Gasteiger partial charge in [0, 0.05) is 53.5 Å². The first-order valence-corrected chi connectivity index (χ1v) is 11.9. The summed E-state index contributed by atoms with van der Waals surface area (Å²) in [5.41, 5.74) is 5.98. The summed E-state index contributed by atoms with van der Waals surface area (Å²) in [4.78, 5) is 23.8. The number of pyridine rings is 1. The van der Waals surface area contributed by atoms with Crippen LogP contribution in [0, 0.1) is 0 Å². The lowest BCUT2D eigenvalue weighted by Gasteiger charge is -2.24. The highest BCUT2D eigenvalue weighted by molar-refractivity contribution is 6.05. The van der Waals surface area contributed by atoms with Crippen LogP contribution in [0.15, 0.2) is 97.3 Å². The van der Waals surface area contributed by atoms with Crippen molar-refractivity contribution in [1.29, 1.82) is 0 Å². The van der Waals surface area contributed by atoms with Crippen LogP contribution in [-0.2, 0) is 20.0 Å². The van der Waals surface area contributed by atoms with Gasteiger partial charge in [0.15, 0.2) is 0 Å². The van der Waals surface area contributed by atoms with Crippen LogP contribution < -0.4 is 0 Å². The number of aromatic nitrogens is 3. The molecule has 3 aromatic carbocycles. The molecule has 0 atom stereocenters. The first-order chi connectivity index (χ1) is 17.2. The summed E-state index contributed by atoms with van der Waals surface area (Å²) in [5, 5.41) is 3.36. The number of benzene rings is 3. The maximum Gasteiger partial charge on any atom is 0.256 e. The molecule has 5 heteroatoms. The van der Waals surface area contributed by atoms with E-state index in [2.05, 4.69) is 64.2 Å². The Morgan fingerprint density at radius 2 is 1.74 bits per heavy atom. The first kappa shape index (κ1) is 21.2. The number of para-hydroxylation sites is 3. The highest BCUT2D eigenvalue weighted by Gasteiger charge is 2.21. The molecule has 0 radical (unpaired) electrons. The maximum absolute atomic E-state index is 14.0. The van der Waals surface area contributed by atoms with Gasteiger partial charge >= 0.3 is 0 Å². The van der Waals surface area contributed by atoms with Crippen LogP contribution >= 0.6 is 0 Å². The van der Waals surface area contributed by atoms with Crippen LogP contribution in [0.1, 0.15) is 21.6 Å². The van der Waals surface area contributed by atoms with E-state index in [1.54, 1.807) is 6.20 Å². The minimum Gasteiger partial charge on any atom is -0.361 e. The second-order valence-corrected chi connectivity index (χ2v) is 8.97. The molecule has 0 saturated carbocycles. The standard InChI is InChI=1S/C30H26N4O/c1-33-24(18-22-8-2-5-14-28(22)33)20-34(17-15-23-19-32-27-13-4-3-11-25(23)27)30(35)26-12-6-9-21-10-7-16-31-29(21)26/h2-14,16,18-19,32H,15,17,20H2,1H3. The third-order valence-electron chi connectivity index (χ3n) is 6.88. The van der Waals surface area contributed by atoms with Crippen molar-refractivity contribution >= 4 is 38.6 Å². The number of carbonyl (C=O) groups is 1. The van der Waals surface area contributed by atoms with E-state index in [1.165, 1.54) is 21.9 Å². The summed E-state index contributed by atoms with van der Waals surface area (Å²) in [6, 6.07) is 28.5. The Morgan fingerprint density at radius 3 is 2.66 bits per heavy atom. The molecule has 1 N–H and O–H groups in total. The van der Waals surface area contributed by atoms with Crippen LogP contribution in [0.2, 0.25) is 0 Å². The third-order valence-corrected chi connectivity index (χ3v) is 6.88. The fourth-order valence-electron chi connectivity index (χ4n) is 4.99. The smallest absolute Gasteiger partial charge is 0.256 e. The second kappa shape index (κ2) is 8.76. The number of hydrogen-bond donors (Lipinski definition) is 1. The zero-order valence-electron chi connectivity index (χ0n) is 19.6. The fourth-order valence-corrected chi connectivity index (χ4v) is 4.99. The molecule has 6 rings (SSSR count). The predicted molar refractivity (Wildman–Crippen MR) is 141 cm³/mol. The molecule has 3 aromatic heterocycles. The van der Waals surface area contributed by atoms with Gasteiger partial charge in [-0.05, 0) is 47.7 Å². The Bertz CT molecular complexity index is 1670. The van der Waals surface area contributed by atoms with E-state index in [1.807, 2.05) is 53.4 Å². The van der Waals surface area contributed by atoms with Gasteiger partial charge in [-0.1, -0.05) is 54.6 Å². The van der Waals surface area contributed by atoms with Crippen LogP contribution in [-0.4, -0.2) is 31.9 Å². The number of aromatic amines is 1. The van der Waals surface area contributed by atoms with Crippen molar-refractivity contribution in [3.63, 3.8) is 0 Å². The Hall–Kier alpha value is -4.38. The van der Waals surface area contributed by atoms with Gasteiger partial charge in [0.05, 0.1) is 17.6 Å². The van der Waals surface area contributed by atoms with Crippen molar-refractivity contribution in [3.05, 3.63) is 114 Å². The molecule has 35 heavy (non-hydrogen) atoms. The molecule has 0 aliphatic rings. The number of H-pyrrole nitrogens is 1. The molecule has 172 valence electrons. The zero-order chi connectivity index (χ0) is 23.8. The fraction of sp³-hybridized carbons (Fsp3) is 0.133. The SMILES string of the molecule is Cn1c(CN(CCc2c[nH]c3ccccc23)C(=O)c2cccc3cccnc23)cc2ccccc21. The molecule has 0 unspecified atom stereocenters. The van der Waals surface area contributed by atoms with Crippen molar-refractivity contribution in [2.75, 3.05) is 6.54 Å². The van der Waals surface area contributed by atoms with Crippen LogP contribution in [0.3, 0.4) is 0 Å². The molecule has 0 spiro atoms. The molecule has 0 bridgehead atoms. The van der Waals surface area contributed by atoms with E-state index in [9.17, 15) is 4.79 Å². The zero-order valence-corrected chi connectivity index (χ0v) is 19.6. The minimum atomic E-state index is -0.000558. The van der Waals surface area contributed by atoms with E-state index in [0.717, 1.165) is 28.5 Å². The number of rotatable bonds is 6. The van der Waals surface area contributed by atoms with E-state index in [-0.39, 0.29) is 5.91 Å². The van der Waals surface area contributed by atoms with E-state index in [4.69, 9.17) is 0 Å². The van der Waals surface area contributed by atoms with Crippen molar-refractivity contribution < 1.29 is 4.79 Å². The molecule has 1 amide bonds. The lowest BCUT2D eigenvalue weighted by molar-refractivity contribution is 0.0744. The molecular weight excluding hydrogens is 432 g/mol. The average Bonchev–Trinajstić information content (AvgIpc) is 3.46. The molecule has 0 saturated heterocycles. The molecule has 0 aliphatic carbocycles. The van der Waals surface area contributed by atoms with Gasteiger partial charge in [-0.2, -0.15) is 0 Å². The molecule has 5 nitrogen and oxygen atoms in total. The lowest BCUT2D eigenvalue weighted by Crippen LogP contribution is -2.33. The van der Waals surface area contributed by atoms with Crippen LogP contribution in [0.25, 0.3) is 32.7 Å². The summed E-state index contributed by atoms with van der Waals surface area (Å²) in [7, 11) is 2.07. The van der Waals surface area contributed by atoms with Gasteiger partial charge < -0.3 is 14.5 Å². The summed E-state index contributed by atoms with van der Waals surface area (Å²) < 4.78 is 2.18. The molecular formula is C30H26N4O. The Labute approximate surface area is 203 Å². The number of nitrogens with zero attached hydrogens (tertiary/aromatic N) is 3. The maximum atomic E-state index is 14.0. The summed E-state index contributed by atoms with van der Waals surface area (Å²) in [6.45, 7) is 1.13. The number of nitrogens with one attached hydrogen (secondary N) is 1. The van der Waals surface area contributed by atoms with Crippen molar-refractivity contribution in [2.24, 2.45) is 7.05 Å². The Balaban J connectivity index is 1.37. The summed E-state index contributed by atoms with van der Waals surface area (Å²) in [5.74, 6) is -0.000558. The van der Waals surface area contributed by atoms with Gasteiger partial charge in [-0.15, -0.1) is 0 Å². The summed E-state index contributed by atoms with van der Waals surface area (Å²) in [6.07, 6.45) is 4.57. The quantitative estimate of drug-likeness (QED) is 0.328. The van der Waals surface area contributed by atoms with Crippen molar-refractivity contribution in [2.45, 2.75) is 13.0 Å². The highest BCUT2D eigenvalue weighted by Crippen LogP contribution is 2.24. The Kier molecular flexibility index (Phi) is 5.30. The van der Waals surface area contributed by atoms with Crippen molar-refractivity contribution in [3.8, 4) is 0 Å². The number of aryl methyl sites for hydroxylation is 1. The van der Waals surface area contributed by atoms with Gasteiger partial charge in [0.2, 0.25) is 0 Å². The van der Waals surface area contributed by atoms with E-state index >= 15 is 0 Å². The summed E-state index contributed by atoms with van der Waals surface area (Å²) >= 11 is 0. The molecule has 6 aromatic rings. The van der Waals surface area contributed by atoms with Crippen molar-refractivity contribution in [1.82, 2.24) is 19.4 Å².